The fourth-order valence-electron chi connectivity index (χ4n) is 11.3. The van der Waals surface area contributed by atoms with Crippen LogP contribution in [0.3, 0.4) is 0 Å². The molecular weight excluding hydrogens is 761 g/mol. The lowest BCUT2D eigenvalue weighted by Gasteiger charge is -2.50. The Morgan fingerprint density at radius 3 is 1.37 bits per heavy atom. The van der Waals surface area contributed by atoms with E-state index < -0.39 is 10.8 Å². The van der Waals surface area contributed by atoms with Gasteiger partial charge in [-0.05, 0) is 90.9 Å². The summed E-state index contributed by atoms with van der Waals surface area (Å²) in [4.78, 5) is 10.4. The molecule has 0 fully saturated rings. The molecule has 2 nitrogen and oxygen atoms in total. The molecule has 63 heavy (non-hydrogen) atoms. The molecule has 2 heteroatoms. The Kier molecular flexibility index (Phi) is 8.55. The van der Waals surface area contributed by atoms with Crippen LogP contribution >= 0.6 is 0 Å². The fourth-order valence-corrected chi connectivity index (χ4v) is 11.3. The van der Waals surface area contributed by atoms with E-state index in [9.17, 15) is 0 Å². The topological polar surface area (TPSA) is 25.8 Å². The quantitative estimate of drug-likeness (QED) is 0.150. The minimum atomic E-state index is -0.589. The van der Waals surface area contributed by atoms with Crippen LogP contribution in [0.15, 0.2) is 248 Å². The number of rotatable bonds is 7. The van der Waals surface area contributed by atoms with Gasteiger partial charge in [0.05, 0.1) is 22.2 Å². The summed E-state index contributed by atoms with van der Waals surface area (Å²) in [6.07, 6.45) is 7.16. The minimum Gasteiger partial charge on any atom is -0.228 e. The maximum absolute atomic E-state index is 5.27. The number of fused-ring (bicyclic) bond motifs is 13. The van der Waals surface area contributed by atoms with Crippen molar-refractivity contribution in [2.24, 2.45) is 0 Å². The number of aromatic nitrogens is 2. The number of allylic oxidation sites excluding steroid dienone is 5. The average molecular weight is 803 g/mol. The molecule has 0 radical (unpaired) electrons. The van der Waals surface area contributed by atoms with E-state index in [0.29, 0.717) is 12.2 Å². The molecule has 0 aliphatic heterocycles. The molecule has 3 aliphatic carbocycles. The van der Waals surface area contributed by atoms with Crippen molar-refractivity contribution in [1.82, 2.24) is 9.97 Å². The van der Waals surface area contributed by atoms with Crippen LogP contribution in [0.1, 0.15) is 38.9 Å². The van der Waals surface area contributed by atoms with Crippen molar-refractivity contribution in [2.75, 3.05) is 0 Å². The van der Waals surface area contributed by atoms with Crippen LogP contribution in [-0.4, -0.2) is 9.97 Å². The van der Waals surface area contributed by atoms with Crippen molar-refractivity contribution in [1.29, 1.82) is 0 Å². The van der Waals surface area contributed by atoms with Crippen LogP contribution in [-0.2, 0) is 17.3 Å². The van der Waals surface area contributed by atoms with Crippen LogP contribution in [0.5, 0.6) is 0 Å². The predicted molar refractivity (Wildman–Crippen MR) is 258 cm³/mol. The van der Waals surface area contributed by atoms with Crippen LogP contribution in [0.25, 0.3) is 56.2 Å². The molecular formula is C61H42N2. The molecule has 0 saturated heterocycles. The SMILES string of the molecule is C=C/C=C\C1=C(Cc2cccc(-c3cc(-c4ccccc4)nc(-c4ccccc4)n3)c2)C2(c3ccccc3-c3ccccc32)c2ccccc2C12c1ccccc1-c1ccccc12. The monoisotopic (exact) mass is 802 g/mol. The van der Waals surface area contributed by atoms with Gasteiger partial charge in [-0.25, -0.2) is 9.97 Å². The Morgan fingerprint density at radius 1 is 0.397 bits per heavy atom. The van der Waals surface area contributed by atoms with Gasteiger partial charge in [0.15, 0.2) is 5.82 Å². The molecule has 1 heterocycles. The highest BCUT2D eigenvalue weighted by molar-refractivity contribution is 5.93. The van der Waals surface area contributed by atoms with E-state index in [-0.39, 0.29) is 0 Å². The van der Waals surface area contributed by atoms with Gasteiger partial charge in [-0.3, -0.25) is 0 Å². The van der Waals surface area contributed by atoms with E-state index in [1.807, 2.05) is 30.3 Å². The van der Waals surface area contributed by atoms with E-state index in [1.165, 1.54) is 72.3 Å². The van der Waals surface area contributed by atoms with Gasteiger partial charge >= 0.3 is 0 Å². The first-order valence-electron chi connectivity index (χ1n) is 21.8. The molecule has 0 atom stereocenters. The first-order chi connectivity index (χ1) is 31.2. The van der Waals surface area contributed by atoms with E-state index in [0.717, 1.165) is 28.1 Å². The molecule has 8 aromatic carbocycles. The fraction of sp³-hybridized carbons (Fsp3) is 0.0492. The Balaban J connectivity index is 1.16. The zero-order valence-corrected chi connectivity index (χ0v) is 34.7. The van der Waals surface area contributed by atoms with Gasteiger partial charge in [0.25, 0.3) is 0 Å². The van der Waals surface area contributed by atoms with Crippen molar-refractivity contribution in [3.63, 3.8) is 0 Å². The Labute approximate surface area is 369 Å². The van der Waals surface area contributed by atoms with E-state index in [4.69, 9.17) is 9.97 Å². The van der Waals surface area contributed by atoms with Crippen molar-refractivity contribution in [3.05, 3.63) is 287 Å². The average Bonchev–Trinajstić information content (AvgIpc) is 3.82. The third-order valence-corrected chi connectivity index (χ3v) is 13.7. The zero-order chi connectivity index (χ0) is 42.0. The standard InChI is InChI=1S/C61H42N2/c1-2-3-31-55-56(39-41-21-20-26-44(38-41)58-40-57(42-22-6-4-7-23-42)62-59(63-58)43-24-8-5-9-25-43)61(51-34-16-12-29-47(51)48-30-13-17-35-52(48)61)54-37-19-18-36-53(54)60(55)49-32-14-10-27-45(49)46-28-11-15-33-50(46)60/h2-38,40H,1,39H2/b31-3-. The van der Waals surface area contributed by atoms with E-state index in [2.05, 4.69) is 207 Å². The molecule has 0 amide bonds. The summed E-state index contributed by atoms with van der Waals surface area (Å²) in [6, 6.07) is 77.6. The summed E-state index contributed by atoms with van der Waals surface area (Å²) in [5.74, 6) is 0.708. The highest BCUT2D eigenvalue weighted by Crippen LogP contribution is 2.68. The maximum atomic E-state index is 5.27. The lowest BCUT2D eigenvalue weighted by atomic mass is 9.51. The minimum absolute atomic E-state index is 0.588. The molecule has 296 valence electrons. The van der Waals surface area contributed by atoms with Crippen molar-refractivity contribution in [3.8, 4) is 56.2 Å². The first-order valence-corrected chi connectivity index (χ1v) is 21.8. The normalized spacial score (nSPS) is 14.6. The van der Waals surface area contributed by atoms with Crippen molar-refractivity contribution >= 4 is 0 Å². The van der Waals surface area contributed by atoms with E-state index in [1.54, 1.807) is 0 Å². The van der Waals surface area contributed by atoms with Gasteiger partial charge < -0.3 is 0 Å². The van der Waals surface area contributed by atoms with Gasteiger partial charge in [0, 0.05) is 16.7 Å². The molecule has 12 rings (SSSR count). The van der Waals surface area contributed by atoms with Gasteiger partial charge in [-0.1, -0.05) is 225 Å². The van der Waals surface area contributed by atoms with Crippen molar-refractivity contribution in [2.45, 2.75) is 17.3 Å². The molecule has 9 aromatic rings. The highest BCUT2D eigenvalue weighted by atomic mass is 14.9. The molecule has 1 aromatic heterocycles. The lowest BCUT2D eigenvalue weighted by Crippen LogP contribution is -2.44. The number of hydrogen-bond acceptors (Lipinski definition) is 2. The van der Waals surface area contributed by atoms with Crippen LogP contribution < -0.4 is 0 Å². The Bertz CT molecular complexity index is 3190. The zero-order valence-electron chi connectivity index (χ0n) is 34.7. The second kappa shape index (κ2) is 14.6. The van der Waals surface area contributed by atoms with E-state index >= 15 is 0 Å². The Morgan fingerprint density at radius 2 is 0.825 bits per heavy atom. The van der Waals surface area contributed by atoms with Gasteiger partial charge in [0.2, 0.25) is 0 Å². The molecule has 2 spiro atoms. The summed E-state index contributed by atoms with van der Waals surface area (Å²) >= 11 is 0. The molecule has 0 N–H and O–H groups in total. The third-order valence-electron chi connectivity index (χ3n) is 13.7. The van der Waals surface area contributed by atoms with Crippen LogP contribution in [0.4, 0.5) is 0 Å². The number of benzene rings is 8. The summed E-state index contributed by atoms with van der Waals surface area (Å²) in [7, 11) is 0. The molecule has 0 saturated carbocycles. The summed E-state index contributed by atoms with van der Waals surface area (Å²) in [5, 5.41) is 0. The second-order valence-corrected chi connectivity index (χ2v) is 16.8. The first kappa shape index (κ1) is 36.9. The molecule has 0 unspecified atom stereocenters. The highest BCUT2D eigenvalue weighted by Gasteiger charge is 2.59. The largest absolute Gasteiger partial charge is 0.228 e. The molecule has 0 bridgehead atoms. The van der Waals surface area contributed by atoms with Gasteiger partial charge in [-0.2, -0.15) is 0 Å². The molecule has 3 aliphatic rings. The maximum Gasteiger partial charge on any atom is 0.160 e. The van der Waals surface area contributed by atoms with Gasteiger partial charge in [0.1, 0.15) is 0 Å². The smallest absolute Gasteiger partial charge is 0.160 e. The predicted octanol–water partition coefficient (Wildman–Crippen LogP) is 14.4. The lowest BCUT2D eigenvalue weighted by molar-refractivity contribution is 0.609. The summed E-state index contributed by atoms with van der Waals surface area (Å²) in [5.41, 5.74) is 20.6. The number of hydrogen-bond donors (Lipinski definition) is 0. The summed E-state index contributed by atoms with van der Waals surface area (Å²) in [6.45, 7) is 4.24. The number of nitrogens with zero attached hydrogens (tertiary/aromatic N) is 2. The third kappa shape index (κ3) is 5.38. The van der Waals surface area contributed by atoms with Crippen LogP contribution in [0, 0.1) is 0 Å². The summed E-state index contributed by atoms with van der Waals surface area (Å²) < 4.78 is 0. The Hall–Kier alpha value is -7.94. The second-order valence-electron chi connectivity index (χ2n) is 16.8. The van der Waals surface area contributed by atoms with Crippen molar-refractivity contribution < 1.29 is 0 Å². The van der Waals surface area contributed by atoms with Gasteiger partial charge in [-0.15, -0.1) is 0 Å². The van der Waals surface area contributed by atoms with Crippen LogP contribution in [0.2, 0.25) is 0 Å².